The topological polar surface area (TPSA) is 223 Å². The molecule has 1 aliphatic heterocycles. The van der Waals surface area contributed by atoms with Crippen LogP contribution in [0.2, 0.25) is 0 Å². The molecule has 1 fully saturated rings. The van der Waals surface area contributed by atoms with E-state index in [0.29, 0.717) is 25.7 Å². The first-order valence-corrected chi connectivity index (χ1v) is 23.6. The van der Waals surface area contributed by atoms with Crippen molar-refractivity contribution in [2.45, 2.75) is 101 Å². The maximum atomic E-state index is 12.8. The molecule has 0 saturated carbocycles. The second kappa shape index (κ2) is 35.3. The fourth-order valence-corrected chi connectivity index (χ4v) is 7.31. The number of carbonyl (C=O) groups is 4. The average Bonchev–Trinajstić information content (AvgIpc) is 3.77. The molecule has 0 aliphatic carbocycles. The highest BCUT2D eigenvalue weighted by Gasteiger charge is 2.34. The molecule has 4 aromatic carbocycles. The molecule has 15 heteroatoms. The number of ether oxygens (including phenoxy) is 7. The number of nitrogens with one attached hydrogen (secondary N) is 1. The SMILES string of the molecule is COC(C)C(OC)C(=O)[C@@H](N)Cc1ccccc1.COC(N[C@@H](C=O)Cc1ccccc1)C(OC)C(=O)[C@@H](N)Cc1ccccc1.COCC(OC)C(=O)[C@@H](N)Cc1ccccc1.C[C@@H]1COC[C@H]1C. The molecule has 1 saturated heterocycles. The molecule has 11 atom stereocenters. The Morgan fingerprint density at radius 3 is 1.23 bits per heavy atom. The van der Waals surface area contributed by atoms with Gasteiger partial charge in [0, 0.05) is 55.9 Å². The highest BCUT2D eigenvalue weighted by atomic mass is 16.5. The Kier molecular flexibility index (Phi) is 30.8. The average molecular weight is 973 g/mol. The molecule has 1 aliphatic rings. The van der Waals surface area contributed by atoms with Crippen molar-refractivity contribution in [2.24, 2.45) is 29.0 Å². The van der Waals surface area contributed by atoms with Crippen LogP contribution in [0.5, 0.6) is 0 Å². The van der Waals surface area contributed by atoms with Gasteiger partial charge in [-0.1, -0.05) is 135 Å². The molecule has 5 rings (SSSR count). The van der Waals surface area contributed by atoms with E-state index in [0.717, 1.165) is 53.6 Å². The first-order valence-electron chi connectivity index (χ1n) is 23.6. The van der Waals surface area contributed by atoms with E-state index in [1.54, 1.807) is 14.0 Å². The Labute approximate surface area is 416 Å². The Morgan fingerprint density at radius 1 is 0.557 bits per heavy atom. The van der Waals surface area contributed by atoms with Gasteiger partial charge in [-0.2, -0.15) is 0 Å². The summed E-state index contributed by atoms with van der Waals surface area (Å²) < 4.78 is 36.2. The minimum atomic E-state index is -0.929. The highest BCUT2D eigenvalue weighted by Crippen LogP contribution is 2.18. The van der Waals surface area contributed by atoms with Crippen LogP contribution in [-0.2, 0) is 78.0 Å². The molecular formula is C55H80N4O11. The first kappa shape index (κ1) is 61.2. The van der Waals surface area contributed by atoms with Gasteiger partial charge in [0.2, 0.25) is 0 Å². The molecule has 386 valence electrons. The summed E-state index contributed by atoms with van der Waals surface area (Å²) in [5, 5.41) is 3.06. The molecule has 4 aromatic rings. The van der Waals surface area contributed by atoms with E-state index >= 15 is 0 Å². The monoisotopic (exact) mass is 973 g/mol. The molecule has 0 spiro atoms. The fraction of sp³-hybridized carbons (Fsp3) is 0.491. The van der Waals surface area contributed by atoms with Gasteiger partial charge < -0.3 is 55.2 Å². The Bertz CT molecular complexity index is 1990. The van der Waals surface area contributed by atoms with Crippen molar-refractivity contribution in [3.05, 3.63) is 144 Å². The molecule has 0 bridgehead atoms. The van der Waals surface area contributed by atoms with E-state index in [-0.39, 0.29) is 30.1 Å². The summed E-state index contributed by atoms with van der Waals surface area (Å²) in [6, 6.07) is 36.1. The van der Waals surface area contributed by atoms with E-state index in [1.165, 1.54) is 35.5 Å². The van der Waals surface area contributed by atoms with Gasteiger partial charge in [-0.15, -0.1) is 0 Å². The van der Waals surface area contributed by atoms with Gasteiger partial charge in [-0.25, -0.2) is 0 Å². The molecule has 5 unspecified atom stereocenters. The van der Waals surface area contributed by atoms with Crippen molar-refractivity contribution in [1.82, 2.24) is 5.32 Å². The number of methoxy groups -OCH3 is 6. The van der Waals surface area contributed by atoms with Crippen molar-refractivity contribution >= 4 is 23.6 Å². The fourth-order valence-electron chi connectivity index (χ4n) is 7.31. The number of hydrogen-bond acceptors (Lipinski definition) is 15. The largest absolute Gasteiger partial charge is 0.382 e. The predicted molar refractivity (Wildman–Crippen MR) is 273 cm³/mol. The summed E-state index contributed by atoms with van der Waals surface area (Å²) in [5.74, 6) is 1.05. The van der Waals surface area contributed by atoms with Crippen LogP contribution in [-0.4, -0.2) is 141 Å². The molecule has 0 amide bonds. The summed E-state index contributed by atoms with van der Waals surface area (Å²) in [5.41, 5.74) is 22.0. The number of benzene rings is 4. The Morgan fingerprint density at radius 2 is 0.929 bits per heavy atom. The van der Waals surface area contributed by atoms with Crippen LogP contribution in [0.25, 0.3) is 0 Å². The quantitative estimate of drug-likeness (QED) is 0.0492. The summed E-state index contributed by atoms with van der Waals surface area (Å²) in [7, 11) is 8.95. The zero-order valence-corrected chi connectivity index (χ0v) is 42.6. The molecule has 0 radical (unpaired) electrons. The van der Waals surface area contributed by atoms with Crippen molar-refractivity contribution in [3.8, 4) is 0 Å². The number of Topliss-reactive ketones (excluding diaryl/α,β-unsaturated/α-hetero) is 3. The third-order valence-electron chi connectivity index (χ3n) is 11.9. The number of rotatable bonds is 26. The standard InChI is InChI=1S/C22H28N2O4.C14H21NO3.C13H19NO3.C6H12O/c1-27-21(20(26)19(23)14-17-11-7-4-8-12-17)22(28-2)24-18(15-25)13-16-9-5-3-6-10-16;1-10(17-2)14(18-3)13(16)12(15)9-11-7-5-4-6-8-11;1-16-9-12(17-2)13(15)11(14)8-10-6-4-3-5-7-10;1-5-3-7-4-6(5)2/h3-12,15,18-19,21-22,24H,13-14,23H2,1-2H3;4-8,10,12,14H,9,15H2,1-3H3;3-7,11-12H,8-9,14H2,1-2H3;5-6H,3-4H2,1-2H3/t18-,19+,21?,22?;10?,12-,14?;11-,12?;5-,6-/m1001/s1. The zero-order chi connectivity index (χ0) is 51.8. The van der Waals surface area contributed by atoms with Crippen molar-refractivity contribution in [1.29, 1.82) is 0 Å². The van der Waals surface area contributed by atoms with Crippen LogP contribution in [0.3, 0.4) is 0 Å². The first-order chi connectivity index (χ1) is 33.7. The van der Waals surface area contributed by atoms with Gasteiger partial charge in [-0.05, 0) is 66.7 Å². The van der Waals surface area contributed by atoms with Crippen molar-refractivity contribution in [3.63, 3.8) is 0 Å². The van der Waals surface area contributed by atoms with Gasteiger partial charge >= 0.3 is 0 Å². The van der Waals surface area contributed by atoms with Gasteiger partial charge in [-0.3, -0.25) is 19.7 Å². The summed E-state index contributed by atoms with van der Waals surface area (Å²) >= 11 is 0. The number of nitrogens with two attached hydrogens (primary N) is 3. The van der Waals surface area contributed by atoms with Gasteiger partial charge in [0.05, 0.1) is 36.9 Å². The summed E-state index contributed by atoms with van der Waals surface area (Å²) in [6.07, 6.45) is -0.515. The molecule has 0 aromatic heterocycles. The van der Waals surface area contributed by atoms with Crippen molar-refractivity contribution < 1.29 is 52.3 Å². The van der Waals surface area contributed by atoms with Gasteiger partial charge in [0.15, 0.2) is 23.5 Å². The smallest absolute Gasteiger partial charge is 0.182 e. The lowest BCUT2D eigenvalue weighted by atomic mass is 9.98. The van der Waals surface area contributed by atoms with Crippen LogP contribution in [0.15, 0.2) is 121 Å². The lowest BCUT2D eigenvalue weighted by Gasteiger charge is -2.29. The molecule has 70 heavy (non-hydrogen) atoms. The maximum Gasteiger partial charge on any atom is 0.182 e. The summed E-state index contributed by atoms with van der Waals surface area (Å²) in [6.45, 7) is 8.44. The minimum Gasteiger partial charge on any atom is -0.382 e. The normalized spacial score (nSPS) is 17.9. The minimum absolute atomic E-state index is 0.127. The molecule has 7 N–H and O–H groups in total. The number of carbonyl (C=O) groups excluding carboxylic acids is 4. The van der Waals surface area contributed by atoms with Crippen LogP contribution in [0.1, 0.15) is 43.0 Å². The number of ketones is 3. The van der Waals surface area contributed by atoms with Crippen LogP contribution >= 0.6 is 0 Å². The summed E-state index contributed by atoms with van der Waals surface area (Å²) in [4.78, 5) is 48.5. The number of hydrogen-bond donors (Lipinski definition) is 4. The van der Waals surface area contributed by atoms with E-state index in [2.05, 4.69) is 19.2 Å². The molecule has 1 heterocycles. The molecular weight excluding hydrogens is 893 g/mol. The van der Waals surface area contributed by atoms with E-state index in [4.69, 9.17) is 50.4 Å². The van der Waals surface area contributed by atoms with Gasteiger partial charge in [0.25, 0.3) is 0 Å². The third kappa shape index (κ3) is 22.5. The second-order valence-corrected chi connectivity index (χ2v) is 17.3. The van der Waals surface area contributed by atoms with Crippen LogP contribution in [0.4, 0.5) is 0 Å². The zero-order valence-electron chi connectivity index (χ0n) is 42.6. The second-order valence-electron chi connectivity index (χ2n) is 17.3. The molecule has 15 nitrogen and oxygen atoms in total. The van der Waals surface area contributed by atoms with Crippen LogP contribution < -0.4 is 22.5 Å². The lowest BCUT2D eigenvalue weighted by molar-refractivity contribution is -0.142. The van der Waals surface area contributed by atoms with Gasteiger partial charge in [0.1, 0.15) is 24.7 Å². The lowest BCUT2D eigenvalue weighted by Crippen LogP contribution is -2.55. The Hall–Kier alpha value is -4.88. The Balaban J connectivity index is 0.000000348. The predicted octanol–water partition coefficient (Wildman–Crippen LogP) is 4.76. The number of aldehydes is 1. The van der Waals surface area contributed by atoms with E-state index in [1.807, 2.05) is 121 Å². The van der Waals surface area contributed by atoms with E-state index < -0.39 is 48.7 Å². The third-order valence-corrected chi connectivity index (χ3v) is 11.9. The maximum absolute atomic E-state index is 12.8. The van der Waals surface area contributed by atoms with E-state index in [9.17, 15) is 19.2 Å². The van der Waals surface area contributed by atoms with Crippen molar-refractivity contribution in [2.75, 3.05) is 62.5 Å². The van der Waals surface area contributed by atoms with Crippen LogP contribution in [0, 0.1) is 11.8 Å². The highest BCUT2D eigenvalue weighted by molar-refractivity contribution is 5.89.